The summed E-state index contributed by atoms with van der Waals surface area (Å²) in [5.74, 6) is 0. The van der Waals surface area contributed by atoms with Crippen LogP contribution in [0, 0.1) is 5.41 Å². The maximum Gasteiger partial charge on any atom is 0.132 e. The molecule has 1 unspecified atom stereocenters. The first-order valence-corrected chi connectivity index (χ1v) is 5.91. The van der Waals surface area contributed by atoms with Gasteiger partial charge in [0.15, 0.2) is 0 Å². The Labute approximate surface area is 92.3 Å². The van der Waals surface area contributed by atoms with E-state index < -0.39 is 6.10 Å². The van der Waals surface area contributed by atoms with Gasteiger partial charge >= 0.3 is 0 Å². The lowest BCUT2D eigenvalue weighted by Crippen LogP contribution is -2.50. The van der Waals surface area contributed by atoms with E-state index in [-0.39, 0.29) is 16.6 Å². The summed E-state index contributed by atoms with van der Waals surface area (Å²) in [6.07, 6.45) is 6.71. The SMILES string of the molecule is C/C=C/C(O)[C@]12O[C@]1(C)CCCC2(C)C. The summed E-state index contributed by atoms with van der Waals surface area (Å²) in [7, 11) is 0. The van der Waals surface area contributed by atoms with Crippen LogP contribution in [0.1, 0.15) is 47.0 Å². The Balaban J connectivity index is 2.33. The molecule has 0 spiro atoms. The fourth-order valence-corrected chi connectivity index (χ4v) is 3.57. The Morgan fingerprint density at radius 2 is 1.93 bits per heavy atom. The van der Waals surface area contributed by atoms with Crippen LogP contribution in [0.2, 0.25) is 0 Å². The van der Waals surface area contributed by atoms with Crippen molar-refractivity contribution in [3.05, 3.63) is 12.2 Å². The molecule has 1 aliphatic heterocycles. The fraction of sp³-hybridized carbons (Fsp3) is 0.846. The average Bonchev–Trinajstić information content (AvgIpc) is 2.75. The maximum absolute atomic E-state index is 10.3. The largest absolute Gasteiger partial charge is 0.386 e. The van der Waals surface area contributed by atoms with Crippen LogP contribution >= 0.6 is 0 Å². The number of epoxide rings is 1. The van der Waals surface area contributed by atoms with Gasteiger partial charge in [0, 0.05) is 0 Å². The minimum atomic E-state index is -0.470. The molecule has 2 aliphatic rings. The molecule has 86 valence electrons. The minimum Gasteiger partial charge on any atom is -0.386 e. The van der Waals surface area contributed by atoms with Crippen LogP contribution in [-0.4, -0.2) is 22.4 Å². The summed E-state index contributed by atoms with van der Waals surface area (Å²) in [5, 5.41) is 10.3. The number of ether oxygens (including phenoxy) is 1. The van der Waals surface area contributed by atoms with Crippen LogP contribution in [-0.2, 0) is 4.74 Å². The molecule has 0 amide bonds. The lowest BCUT2D eigenvalue weighted by atomic mass is 9.62. The van der Waals surface area contributed by atoms with Gasteiger partial charge < -0.3 is 9.84 Å². The van der Waals surface area contributed by atoms with Crippen LogP contribution in [0.25, 0.3) is 0 Å². The molecule has 1 saturated heterocycles. The third-order valence-electron chi connectivity index (χ3n) is 4.38. The molecular formula is C13H22O2. The normalized spacial score (nSPS) is 45.1. The van der Waals surface area contributed by atoms with Crippen molar-refractivity contribution in [1.82, 2.24) is 0 Å². The Morgan fingerprint density at radius 3 is 2.47 bits per heavy atom. The van der Waals surface area contributed by atoms with Crippen molar-refractivity contribution in [3.63, 3.8) is 0 Å². The quantitative estimate of drug-likeness (QED) is 0.561. The standard InChI is InChI=1S/C13H22O2/c1-5-7-10(14)13-11(2,3)8-6-9-12(13,4)15-13/h5,7,10,14H,6,8-9H2,1-4H3/b7-5+/t10?,12-,13-/m1/s1. The molecule has 1 N–H and O–H groups in total. The first-order chi connectivity index (χ1) is 6.90. The van der Waals surface area contributed by atoms with Crippen LogP contribution < -0.4 is 0 Å². The summed E-state index contributed by atoms with van der Waals surface area (Å²) < 4.78 is 5.98. The second-order valence-corrected chi connectivity index (χ2v) is 5.78. The Kier molecular flexibility index (Phi) is 2.29. The minimum absolute atomic E-state index is 0.0684. The van der Waals surface area contributed by atoms with Gasteiger partial charge in [-0.15, -0.1) is 0 Å². The van der Waals surface area contributed by atoms with Gasteiger partial charge in [-0.05, 0) is 38.5 Å². The third-order valence-corrected chi connectivity index (χ3v) is 4.38. The molecule has 1 aliphatic carbocycles. The van der Waals surface area contributed by atoms with Gasteiger partial charge in [-0.25, -0.2) is 0 Å². The molecule has 2 heteroatoms. The summed E-state index contributed by atoms with van der Waals surface area (Å²) in [6, 6.07) is 0. The maximum atomic E-state index is 10.3. The molecule has 1 saturated carbocycles. The van der Waals surface area contributed by atoms with Crippen LogP contribution in [0.15, 0.2) is 12.2 Å². The van der Waals surface area contributed by atoms with Crippen LogP contribution in [0.3, 0.4) is 0 Å². The highest BCUT2D eigenvalue weighted by Gasteiger charge is 2.77. The molecule has 1 heterocycles. The van der Waals surface area contributed by atoms with Crippen LogP contribution in [0.5, 0.6) is 0 Å². The molecule has 3 atom stereocenters. The molecule has 0 aromatic heterocycles. The van der Waals surface area contributed by atoms with Crippen LogP contribution in [0.4, 0.5) is 0 Å². The van der Waals surface area contributed by atoms with Crippen molar-refractivity contribution >= 4 is 0 Å². The summed E-state index contributed by atoms with van der Waals surface area (Å²) in [4.78, 5) is 0. The van der Waals surface area contributed by atoms with E-state index in [1.165, 1.54) is 6.42 Å². The highest BCUT2D eigenvalue weighted by molar-refractivity contribution is 5.28. The second kappa shape index (κ2) is 3.08. The predicted octanol–water partition coefficient (Wildman–Crippen LogP) is 2.66. The first-order valence-electron chi connectivity index (χ1n) is 5.91. The van der Waals surface area contributed by atoms with Crippen molar-refractivity contribution in [3.8, 4) is 0 Å². The summed E-state index contributed by atoms with van der Waals surface area (Å²) in [6.45, 7) is 8.50. The molecule has 0 aromatic rings. The third kappa shape index (κ3) is 1.24. The number of allylic oxidation sites excluding steroid dienone is 1. The van der Waals surface area contributed by atoms with Gasteiger partial charge in [-0.2, -0.15) is 0 Å². The number of fused-ring (bicyclic) bond motifs is 1. The van der Waals surface area contributed by atoms with E-state index in [1.807, 2.05) is 19.1 Å². The zero-order chi connectivity index (χ0) is 11.3. The van der Waals surface area contributed by atoms with Gasteiger partial charge in [0.05, 0.1) is 5.60 Å². The van der Waals surface area contributed by atoms with E-state index in [0.717, 1.165) is 12.8 Å². The number of aliphatic hydroxyl groups is 1. The Bertz CT molecular complexity index is 295. The topological polar surface area (TPSA) is 32.8 Å². The van der Waals surface area contributed by atoms with E-state index in [9.17, 15) is 5.11 Å². The van der Waals surface area contributed by atoms with Gasteiger partial charge in [-0.1, -0.05) is 26.0 Å². The second-order valence-electron chi connectivity index (χ2n) is 5.78. The summed E-state index contributed by atoms with van der Waals surface area (Å²) >= 11 is 0. The van der Waals surface area contributed by atoms with E-state index in [4.69, 9.17) is 4.74 Å². The van der Waals surface area contributed by atoms with Gasteiger partial charge in [0.1, 0.15) is 11.7 Å². The smallest absolute Gasteiger partial charge is 0.132 e. The van der Waals surface area contributed by atoms with Crippen molar-refractivity contribution in [2.45, 2.75) is 64.3 Å². The number of aliphatic hydroxyl groups excluding tert-OH is 1. The summed E-state index contributed by atoms with van der Waals surface area (Å²) in [5.41, 5.74) is -0.378. The molecule has 2 fully saturated rings. The molecule has 15 heavy (non-hydrogen) atoms. The van der Waals surface area contributed by atoms with E-state index in [2.05, 4.69) is 20.8 Å². The van der Waals surface area contributed by atoms with E-state index >= 15 is 0 Å². The molecule has 0 radical (unpaired) electrons. The molecular weight excluding hydrogens is 188 g/mol. The van der Waals surface area contributed by atoms with Crippen molar-refractivity contribution in [2.24, 2.45) is 5.41 Å². The Morgan fingerprint density at radius 1 is 1.27 bits per heavy atom. The number of hydrogen-bond acceptors (Lipinski definition) is 2. The highest BCUT2D eigenvalue weighted by atomic mass is 16.6. The molecule has 0 aromatic carbocycles. The van der Waals surface area contributed by atoms with E-state index in [1.54, 1.807) is 0 Å². The lowest BCUT2D eigenvalue weighted by molar-refractivity contribution is 0.0185. The predicted molar refractivity (Wildman–Crippen MR) is 60.7 cm³/mol. The van der Waals surface area contributed by atoms with Crippen molar-refractivity contribution in [1.29, 1.82) is 0 Å². The van der Waals surface area contributed by atoms with Crippen molar-refractivity contribution in [2.75, 3.05) is 0 Å². The molecule has 2 rings (SSSR count). The monoisotopic (exact) mass is 210 g/mol. The zero-order valence-corrected chi connectivity index (χ0v) is 10.2. The van der Waals surface area contributed by atoms with Crippen molar-refractivity contribution < 1.29 is 9.84 Å². The average molecular weight is 210 g/mol. The lowest BCUT2D eigenvalue weighted by Gasteiger charge is -2.40. The van der Waals surface area contributed by atoms with Gasteiger partial charge in [0.2, 0.25) is 0 Å². The molecule has 0 bridgehead atoms. The van der Waals surface area contributed by atoms with Gasteiger partial charge in [0.25, 0.3) is 0 Å². The van der Waals surface area contributed by atoms with E-state index in [0.29, 0.717) is 0 Å². The van der Waals surface area contributed by atoms with Gasteiger partial charge in [-0.3, -0.25) is 0 Å². The number of hydrogen-bond donors (Lipinski definition) is 1. The molecule has 2 nitrogen and oxygen atoms in total. The zero-order valence-electron chi connectivity index (χ0n) is 10.2. The Hall–Kier alpha value is -0.340. The highest BCUT2D eigenvalue weighted by Crippen LogP contribution is 2.66. The fourth-order valence-electron chi connectivity index (χ4n) is 3.57. The number of rotatable bonds is 2. The first kappa shape index (κ1) is 11.2.